The maximum absolute atomic E-state index is 9.43. The van der Waals surface area contributed by atoms with Gasteiger partial charge in [0.2, 0.25) is 0 Å². The Morgan fingerprint density at radius 3 is 2.08 bits per heavy atom. The molecule has 2 aromatic heterocycles. The van der Waals surface area contributed by atoms with Gasteiger partial charge in [-0.05, 0) is 75.8 Å². The average Bonchev–Trinajstić information content (AvgIpc) is 3.59. The Kier molecular flexibility index (Phi) is 5.10. The molecule has 0 radical (unpaired) electrons. The van der Waals surface area contributed by atoms with Gasteiger partial charge in [-0.15, -0.1) is 11.3 Å². The molecule has 0 fully saturated rings. The summed E-state index contributed by atoms with van der Waals surface area (Å²) in [4.78, 5) is 0. The molecule has 186 valence electrons. The Labute approximate surface area is 235 Å². The normalized spacial score (nSPS) is 11.5. The van der Waals surface area contributed by atoms with E-state index in [1.807, 2.05) is 41.7 Å². The van der Waals surface area contributed by atoms with E-state index in [0.717, 1.165) is 44.2 Å². The fourth-order valence-electron chi connectivity index (χ4n) is 5.92. The predicted octanol–water partition coefficient (Wildman–Crippen LogP) is 10.8. The second-order valence-electron chi connectivity index (χ2n) is 10.0. The molecule has 8 aromatic rings. The van der Waals surface area contributed by atoms with Crippen LogP contribution in [0.2, 0.25) is 0 Å². The van der Waals surface area contributed by atoms with Gasteiger partial charge in [-0.25, -0.2) is 0 Å². The van der Waals surface area contributed by atoms with Gasteiger partial charge in [0.1, 0.15) is 11.2 Å². The number of hydrogen-bond acceptors (Lipinski definition) is 3. The Hall–Kier alpha value is -5.17. The van der Waals surface area contributed by atoms with E-state index >= 15 is 0 Å². The lowest BCUT2D eigenvalue weighted by atomic mass is 9.88. The number of nitrogens with zero attached hydrogens (tertiary/aromatic N) is 1. The SMILES string of the molecule is N#Cc1ccc(-c2cc(-c3cccc4oc5ccccc5c34)ccc2-c2cccc3sc4ccccc4c23)cc1. The van der Waals surface area contributed by atoms with Gasteiger partial charge < -0.3 is 4.42 Å². The van der Waals surface area contributed by atoms with Crippen LogP contribution in [0.15, 0.2) is 132 Å². The number of para-hydroxylation sites is 1. The third-order valence-corrected chi connectivity index (χ3v) is 8.89. The lowest BCUT2D eigenvalue weighted by Gasteiger charge is -2.15. The first-order valence-electron chi connectivity index (χ1n) is 13.2. The molecule has 0 spiro atoms. The van der Waals surface area contributed by atoms with Gasteiger partial charge in [-0.3, -0.25) is 0 Å². The van der Waals surface area contributed by atoms with E-state index < -0.39 is 0 Å². The molecule has 0 aliphatic carbocycles. The molecule has 2 heterocycles. The van der Waals surface area contributed by atoms with Crippen molar-refractivity contribution in [1.82, 2.24) is 0 Å². The first-order valence-corrected chi connectivity index (χ1v) is 14.1. The van der Waals surface area contributed by atoms with Crippen LogP contribution in [0.25, 0.3) is 75.5 Å². The fraction of sp³-hybridized carbons (Fsp3) is 0. The van der Waals surface area contributed by atoms with Crippen molar-refractivity contribution < 1.29 is 4.42 Å². The highest BCUT2D eigenvalue weighted by atomic mass is 32.1. The molecule has 3 heteroatoms. The molecular formula is C37H21NOS. The highest BCUT2D eigenvalue weighted by Crippen LogP contribution is 2.45. The Bertz CT molecular complexity index is 2280. The molecule has 0 aliphatic rings. The van der Waals surface area contributed by atoms with Crippen LogP contribution in [0.3, 0.4) is 0 Å². The molecule has 0 aliphatic heterocycles. The lowest BCUT2D eigenvalue weighted by molar-refractivity contribution is 0.669. The van der Waals surface area contributed by atoms with Crippen LogP contribution >= 0.6 is 11.3 Å². The average molecular weight is 528 g/mol. The van der Waals surface area contributed by atoms with Crippen molar-refractivity contribution in [1.29, 1.82) is 5.26 Å². The Balaban J connectivity index is 1.42. The molecule has 2 nitrogen and oxygen atoms in total. The number of furan rings is 1. The number of benzene rings is 6. The van der Waals surface area contributed by atoms with Crippen molar-refractivity contribution in [3.8, 4) is 39.4 Å². The lowest BCUT2D eigenvalue weighted by Crippen LogP contribution is -1.89. The zero-order valence-electron chi connectivity index (χ0n) is 21.4. The van der Waals surface area contributed by atoms with Gasteiger partial charge in [0.05, 0.1) is 11.6 Å². The summed E-state index contributed by atoms with van der Waals surface area (Å²) in [6.07, 6.45) is 0. The highest BCUT2D eigenvalue weighted by molar-refractivity contribution is 7.25. The zero-order valence-corrected chi connectivity index (χ0v) is 22.2. The molecule has 0 atom stereocenters. The monoisotopic (exact) mass is 527 g/mol. The topological polar surface area (TPSA) is 36.9 Å². The van der Waals surface area contributed by atoms with Crippen LogP contribution < -0.4 is 0 Å². The van der Waals surface area contributed by atoms with Crippen LogP contribution in [-0.2, 0) is 0 Å². The van der Waals surface area contributed by atoms with E-state index in [1.165, 1.54) is 31.3 Å². The molecule has 8 rings (SSSR count). The minimum atomic E-state index is 0.655. The molecule has 0 bridgehead atoms. The molecule has 6 aromatic carbocycles. The van der Waals surface area contributed by atoms with Crippen LogP contribution in [0, 0.1) is 11.3 Å². The number of nitriles is 1. The molecule has 0 saturated carbocycles. The number of hydrogen-bond donors (Lipinski definition) is 0. The van der Waals surface area contributed by atoms with Crippen molar-refractivity contribution in [3.63, 3.8) is 0 Å². The van der Waals surface area contributed by atoms with Gasteiger partial charge in [0, 0.05) is 30.9 Å². The quantitative estimate of drug-likeness (QED) is 0.229. The van der Waals surface area contributed by atoms with Crippen molar-refractivity contribution in [2.45, 2.75) is 0 Å². The Morgan fingerprint density at radius 1 is 0.500 bits per heavy atom. The molecule has 0 unspecified atom stereocenters. The van der Waals surface area contributed by atoms with Crippen molar-refractivity contribution >= 4 is 53.4 Å². The summed E-state index contributed by atoms with van der Waals surface area (Å²) in [6, 6.07) is 46.7. The van der Waals surface area contributed by atoms with Gasteiger partial charge in [0.25, 0.3) is 0 Å². The van der Waals surface area contributed by atoms with Crippen molar-refractivity contribution in [3.05, 3.63) is 133 Å². The van der Waals surface area contributed by atoms with E-state index in [1.54, 1.807) is 0 Å². The molecule has 40 heavy (non-hydrogen) atoms. The van der Waals surface area contributed by atoms with Crippen LogP contribution in [-0.4, -0.2) is 0 Å². The van der Waals surface area contributed by atoms with Crippen LogP contribution in [0.1, 0.15) is 5.56 Å². The van der Waals surface area contributed by atoms with Gasteiger partial charge >= 0.3 is 0 Å². The maximum atomic E-state index is 9.43. The first-order chi connectivity index (χ1) is 19.8. The summed E-state index contributed by atoms with van der Waals surface area (Å²) < 4.78 is 8.77. The summed E-state index contributed by atoms with van der Waals surface area (Å²) >= 11 is 1.83. The first kappa shape index (κ1) is 22.8. The second kappa shape index (κ2) is 8.95. The summed E-state index contributed by atoms with van der Waals surface area (Å²) in [5, 5.41) is 14.2. The summed E-state index contributed by atoms with van der Waals surface area (Å²) in [5.41, 5.74) is 9.31. The van der Waals surface area contributed by atoms with Gasteiger partial charge in [0.15, 0.2) is 0 Å². The third kappa shape index (κ3) is 3.48. The van der Waals surface area contributed by atoms with E-state index in [9.17, 15) is 5.26 Å². The summed E-state index contributed by atoms with van der Waals surface area (Å²) in [6.45, 7) is 0. The van der Waals surface area contributed by atoms with E-state index in [0.29, 0.717) is 5.56 Å². The molecule has 0 saturated heterocycles. The Morgan fingerprint density at radius 2 is 1.20 bits per heavy atom. The third-order valence-electron chi connectivity index (χ3n) is 7.75. The minimum absolute atomic E-state index is 0.655. The number of fused-ring (bicyclic) bond motifs is 6. The molecular weight excluding hydrogens is 506 g/mol. The van der Waals surface area contributed by atoms with Crippen LogP contribution in [0.4, 0.5) is 0 Å². The standard InChI is InChI=1S/C37H21NOS/c38-22-23-15-17-24(18-16-23)31-21-25(26-9-5-12-33-36(26)29-7-1-3-11-32(29)39-33)19-20-27(31)28-10-6-14-35-37(28)30-8-2-4-13-34(30)40-35/h1-21H. The minimum Gasteiger partial charge on any atom is -0.456 e. The van der Waals surface area contributed by atoms with E-state index in [-0.39, 0.29) is 0 Å². The maximum Gasteiger partial charge on any atom is 0.136 e. The number of thiophene rings is 1. The highest BCUT2D eigenvalue weighted by Gasteiger charge is 2.17. The van der Waals surface area contributed by atoms with Gasteiger partial charge in [-0.1, -0.05) is 84.9 Å². The molecule has 0 N–H and O–H groups in total. The predicted molar refractivity (Wildman–Crippen MR) is 168 cm³/mol. The second-order valence-corrected chi connectivity index (χ2v) is 11.1. The van der Waals surface area contributed by atoms with Crippen molar-refractivity contribution in [2.75, 3.05) is 0 Å². The largest absolute Gasteiger partial charge is 0.456 e. The molecule has 0 amide bonds. The summed E-state index contributed by atoms with van der Waals surface area (Å²) in [7, 11) is 0. The van der Waals surface area contributed by atoms with E-state index in [2.05, 4.69) is 103 Å². The zero-order chi connectivity index (χ0) is 26.6. The van der Waals surface area contributed by atoms with Gasteiger partial charge in [-0.2, -0.15) is 5.26 Å². The van der Waals surface area contributed by atoms with Crippen LogP contribution in [0.5, 0.6) is 0 Å². The summed E-state index contributed by atoms with van der Waals surface area (Å²) in [5.74, 6) is 0. The fourth-order valence-corrected chi connectivity index (χ4v) is 7.06. The number of rotatable bonds is 3. The van der Waals surface area contributed by atoms with Crippen molar-refractivity contribution in [2.24, 2.45) is 0 Å². The smallest absolute Gasteiger partial charge is 0.136 e. The van der Waals surface area contributed by atoms with E-state index in [4.69, 9.17) is 4.42 Å².